The van der Waals surface area contributed by atoms with E-state index >= 15 is 0 Å². The fraction of sp³-hybridized carbons (Fsp3) is 0.333. The summed E-state index contributed by atoms with van der Waals surface area (Å²) >= 11 is 5.52. The minimum Gasteiger partial charge on any atom is -0.386 e. The highest BCUT2D eigenvalue weighted by atomic mass is 35.5. The molecule has 0 aromatic rings. The van der Waals surface area contributed by atoms with Gasteiger partial charge in [0.25, 0.3) is 0 Å². The Bertz CT molecular complexity index is 246. The molecule has 0 aromatic heterocycles. The van der Waals surface area contributed by atoms with Gasteiger partial charge in [0.15, 0.2) is 0 Å². The van der Waals surface area contributed by atoms with E-state index in [9.17, 15) is 4.80 Å². The Balaban J connectivity index is 4.47. The highest BCUT2D eigenvalue weighted by Crippen LogP contribution is 2.13. The van der Waals surface area contributed by atoms with Crippen molar-refractivity contribution in [2.75, 3.05) is 20.1 Å². The summed E-state index contributed by atoms with van der Waals surface area (Å²) in [6, 6.07) is 0. The Morgan fingerprint density at radius 1 is 1.36 bits per heavy atom. The molecule has 3 nitrogen and oxygen atoms in total. The topological polar surface area (TPSA) is 38.7 Å². The van der Waals surface area contributed by atoms with Crippen molar-refractivity contribution in [1.82, 2.24) is 0 Å². The molecule has 0 fully saturated rings. The number of halogens is 1. The lowest BCUT2D eigenvalue weighted by molar-refractivity contribution is 0.164. The first-order valence-electron chi connectivity index (χ1n) is 3.94. The Hall–Kier alpha value is -0.393. The van der Waals surface area contributed by atoms with Crippen LogP contribution >= 0.6 is 11.6 Å². The zero-order valence-corrected chi connectivity index (χ0v) is 10.2. The number of hydrogen-bond donors (Lipinski definition) is 1. The highest BCUT2D eigenvalue weighted by molar-refractivity contribution is 6.68. The van der Waals surface area contributed by atoms with E-state index in [1.807, 2.05) is 0 Å². The fourth-order valence-corrected chi connectivity index (χ4v) is 1.79. The molecule has 80 valence electrons. The van der Waals surface area contributed by atoms with Gasteiger partial charge in [0.1, 0.15) is 0 Å². The molecule has 0 heterocycles. The van der Waals surface area contributed by atoms with Crippen LogP contribution in [0.5, 0.6) is 0 Å². The smallest absolute Gasteiger partial charge is 0.386 e. The maximum absolute atomic E-state index is 9.76. The first-order chi connectivity index (χ1) is 6.50. The molecule has 0 aliphatic rings. The van der Waals surface area contributed by atoms with Crippen molar-refractivity contribution in [3.8, 4) is 0 Å². The third kappa shape index (κ3) is 3.77. The molecule has 0 amide bonds. The van der Waals surface area contributed by atoms with Gasteiger partial charge >= 0.3 is 8.80 Å². The normalized spacial score (nSPS) is 12.0. The van der Waals surface area contributed by atoms with Gasteiger partial charge < -0.3 is 13.6 Å². The largest absolute Gasteiger partial charge is 0.533 e. The van der Waals surface area contributed by atoms with Gasteiger partial charge in [-0.2, -0.15) is 0 Å². The Labute approximate surface area is 90.7 Å². The first-order valence-corrected chi connectivity index (χ1v) is 6.24. The summed E-state index contributed by atoms with van der Waals surface area (Å²) in [6.07, 6.45) is 3.27. The molecule has 5 heteroatoms. The van der Waals surface area contributed by atoms with Crippen LogP contribution in [0.4, 0.5) is 0 Å². The molecule has 0 unspecified atom stereocenters. The van der Waals surface area contributed by atoms with Crippen molar-refractivity contribution < 1.29 is 13.6 Å². The van der Waals surface area contributed by atoms with Gasteiger partial charge in [0.2, 0.25) is 0 Å². The van der Waals surface area contributed by atoms with Crippen LogP contribution in [-0.4, -0.2) is 33.7 Å². The maximum Gasteiger partial charge on any atom is 0.533 e. The van der Waals surface area contributed by atoms with Crippen molar-refractivity contribution in [2.24, 2.45) is 0 Å². The molecule has 0 bridgehead atoms. The van der Waals surface area contributed by atoms with Gasteiger partial charge in [-0.3, -0.25) is 0 Å². The average Bonchev–Trinajstić information content (AvgIpc) is 2.23. The third-order valence-corrected chi connectivity index (χ3v) is 4.08. The van der Waals surface area contributed by atoms with Crippen molar-refractivity contribution in [2.45, 2.75) is 0 Å². The van der Waals surface area contributed by atoms with Crippen LogP contribution < -0.4 is 0 Å². The van der Waals surface area contributed by atoms with E-state index in [2.05, 4.69) is 13.2 Å². The van der Waals surface area contributed by atoms with Gasteiger partial charge in [-0.25, -0.2) is 0 Å². The van der Waals surface area contributed by atoms with Gasteiger partial charge in [-0.1, -0.05) is 25.3 Å². The number of allylic oxidation sites excluding steroid dienone is 4. The standard InChI is InChI=1S/C9H15ClO3Si/c1-8(7-10)5-6-9(2)14(11,12-3)13-4/h5-6,11H,1-2,7H2,3-4H3/b6-5-. The van der Waals surface area contributed by atoms with Crippen LogP contribution in [0.1, 0.15) is 0 Å². The molecule has 0 spiro atoms. The monoisotopic (exact) mass is 234 g/mol. The first kappa shape index (κ1) is 13.6. The minimum atomic E-state index is -3.25. The third-order valence-electron chi connectivity index (χ3n) is 1.65. The van der Waals surface area contributed by atoms with E-state index in [0.29, 0.717) is 11.1 Å². The number of hydrogen-bond acceptors (Lipinski definition) is 3. The van der Waals surface area contributed by atoms with Crippen LogP contribution in [0, 0.1) is 0 Å². The summed E-state index contributed by atoms with van der Waals surface area (Å²) in [5.74, 6) is 0.337. The molecule has 0 radical (unpaired) electrons. The second-order valence-corrected chi connectivity index (χ2v) is 5.53. The van der Waals surface area contributed by atoms with Crippen LogP contribution in [0.2, 0.25) is 0 Å². The predicted octanol–water partition coefficient (Wildman–Crippen LogP) is 1.66. The summed E-state index contributed by atoms with van der Waals surface area (Å²) < 4.78 is 9.75. The molecule has 0 saturated heterocycles. The Kier molecular flexibility index (Phi) is 5.99. The molecule has 14 heavy (non-hydrogen) atoms. The second-order valence-electron chi connectivity index (χ2n) is 2.64. The average molecular weight is 235 g/mol. The highest BCUT2D eigenvalue weighted by Gasteiger charge is 2.37. The summed E-state index contributed by atoms with van der Waals surface area (Å²) in [6.45, 7) is 7.34. The molecule has 0 saturated carbocycles. The molecular formula is C9H15ClO3Si. The molecule has 0 aliphatic carbocycles. The maximum atomic E-state index is 9.76. The molecule has 0 atom stereocenters. The minimum absolute atomic E-state index is 0.337. The summed E-state index contributed by atoms with van der Waals surface area (Å²) in [5.41, 5.74) is 0.733. The van der Waals surface area contributed by atoms with Gasteiger partial charge in [0.05, 0.1) is 0 Å². The molecule has 0 aromatic carbocycles. The van der Waals surface area contributed by atoms with Gasteiger partial charge in [-0.15, -0.1) is 11.6 Å². The summed E-state index contributed by atoms with van der Waals surface area (Å²) in [7, 11) is -0.486. The van der Waals surface area contributed by atoms with Crippen molar-refractivity contribution in [3.05, 3.63) is 36.1 Å². The Morgan fingerprint density at radius 3 is 2.21 bits per heavy atom. The number of rotatable bonds is 6. The van der Waals surface area contributed by atoms with Crippen LogP contribution in [0.25, 0.3) is 0 Å². The van der Waals surface area contributed by atoms with E-state index in [-0.39, 0.29) is 0 Å². The van der Waals surface area contributed by atoms with Crippen LogP contribution in [0.3, 0.4) is 0 Å². The molecular weight excluding hydrogens is 220 g/mol. The van der Waals surface area contributed by atoms with Gasteiger partial charge in [-0.05, 0) is 5.57 Å². The van der Waals surface area contributed by atoms with Crippen molar-refractivity contribution in [3.63, 3.8) is 0 Å². The Morgan fingerprint density at radius 2 is 1.86 bits per heavy atom. The fourth-order valence-electron chi connectivity index (χ4n) is 0.714. The lowest BCUT2D eigenvalue weighted by Gasteiger charge is -2.19. The number of alkyl halides is 1. The molecule has 0 aliphatic heterocycles. The van der Waals surface area contributed by atoms with E-state index in [0.717, 1.165) is 5.57 Å². The lowest BCUT2D eigenvalue weighted by atomic mass is 10.3. The predicted molar refractivity (Wildman–Crippen MR) is 60.1 cm³/mol. The SMILES string of the molecule is C=C(/C=C\C(=C)[Si](O)(OC)OC)CCl. The van der Waals surface area contributed by atoms with E-state index in [1.54, 1.807) is 12.2 Å². The zero-order valence-electron chi connectivity index (χ0n) is 8.42. The van der Waals surface area contributed by atoms with E-state index in [4.69, 9.17) is 20.5 Å². The lowest BCUT2D eigenvalue weighted by Crippen LogP contribution is -2.42. The van der Waals surface area contributed by atoms with Crippen LogP contribution in [0.15, 0.2) is 36.1 Å². The molecule has 1 N–H and O–H groups in total. The van der Waals surface area contributed by atoms with Crippen molar-refractivity contribution in [1.29, 1.82) is 0 Å². The summed E-state index contributed by atoms with van der Waals surface area (Å²) in [4.78, 5) is 9.76. The van der Waals surface area contributed by atoms with Crippen LogP contribution in [-0.2, 0) is 8.85 Å². The van der Waals surface area contributed by atoms with E-state index < -0.39 is 8.80 Å². The van der Waals surface area contributed by atoms with E-state index in [1.165, 1.54) is 14.2 Å². The van der Waals surface area contributed by atoms with Gasteiger partial charge in [0, 0.05) is 25.3 Å². The molecule has 0 rings (SSSR count). The quantitative estimate of drug-likeness (QED) is 0.432. The summed E-state index contributed by atoms with van der Waals surface area (Å²) in [5, 5.41) is 0.411. The zero-order chi connectivity index (χ0) is 11.2. The second kappa shape index (κ2) is 6.16. The van der Waals surface area contributed by atoms with Crippen molar-refractivity contribution >= 4 is 20.4 Å².